The number of likely N-dealkylation sites (tertiary alicyclic amines) is 1. The second kappa shape index (κ2) is 12.8. The molecule has 3 unspecified atom stereocenters. The number of halogens is 2. The Morgan fingerprint density at radius 2 is 2.00 bits per heavy atom. The van der Waals surface area contributed by atoms with E-state index in [4.69, 9.17) is 47.3 Å². The molecule has 5 aromatic rings. The van der Waals surface area contributed by atoms with E-state index in [2.05, 4.69) is 11.4 Å². The number of carbonyl (C=O) groups excluding carboxylic acids is 1. The number of ether oxygens (including phenoxy) is 1. The Morgan fingerprint density at radius 3 is 2.78 bits per heavy atom. The van der Waals surface area contributed by atoms with Gasteiger partial charge in [-0.05, 0) is 98.7 Å². The van der Waals surface area contributed by atoms with Crippen LogP contribution in [0.1, 0.15) is 67.8 Å². The number of aromatic nitrogens is 3. The number of carbonyl (C=O) groups is 1. The Morgan fingerprint density at radius 1 is 1.18 bits per heavy atom. The number of allylic oxidation sites excluding steroid dienone is 2. The van der Waals surface area contributed by atoms with Crippen LogP contribution in [0.3, 0.4) is 0 Å². The Balaban J connectivity index is 1.31. The third-order valence-electron chi connectivity index (χ3n) is 9.02. The monoisotopic (exact) mass is 697 g/mol. The summed E-state index contributed by atoms with van der Waals surface area (Å²) in [5, 5.41) is 13.9. The molecule has 49 heavy (non-hydrogen) atoms. The highest BCUT2D eigenvalue weighted by Crippen LogP contribution is 2.46. The average molecular weight is 699 g/mol. The van der Waals surface area contributed by atoms with Crippen molar-refractivity contribution >= 4 is 62.7 Å². The van der Waals surface area contributed by atoms with E-state index in [-0.39, 0.29) is 24.6 Å². The summed E-state index contributed by atoms with van der Waals surface area (Å²) >= 11 is 14.1. The minimum atomic E-state index is -1.23. The van der Waals surface area contributed by atoms with Gasteiger partial charge in [-0.3, -0.25) is 4.98 Å². The fourth-order valence-corrected chi connectivity index (χ4v) is 7.38. The van der Waals surface area contributed by atoms with Crippen molar-refractivity contribution in [1.82, 2.24) is 19.9 Å². The quantitative estimate of drug-likeness (QED) is 0.169. The number of aliphatic hydroxyl groups excluding tert-OH is 1. The maximum atomic E-state index is 13.1. The van der Waals surface area contributed by atoms with Crippen LogP contribution in [0.5, 0.6) is 0 Å². The highest BCUT2D eigenvalue weighted by molar-refractivity contribution is 6.34. The molecule has 2 aliphatic rings. The van der Waals surface area contributed by atoms with E-state index in [1.165, 1.54) is 0 Å². The number of hydrogen-bond donors (Lipinski definition) is 2. The maximum Gasteiger partial charge on any atom is 0.410 e. The molecular formula is C38H37Cl2N5O4. The molecule has 1 fully saturated rings. The number of fused-ring (bicyclic) bond motifs is 2. The van der Waals surface area contributed by atoms with Gasteiger partial charge in [0.1, 0.15) is 16.6 Å². The number of nitrogens with one attached hydrogen (secondary N) is 1. The van der Waals surface area contributed by atoms with Gasteiger partial charge >= 0.3 is 6.09 Å². The number of oxazole rings is 1. The number of amides is 1. The molecule has 1 aliphatic carbocycles. The molecule has 252 valence electrons. The molecule has 11 heteroatoms. The molecular weight excluding hydrogens is 661 g/mol. The van der Waals surface area contributed by atoms with Crippen LogP contribution in [0.4, 0.5) is 10.6 Å². The number of anilines is 1. The van der Waals surface area contributed by atoms with Crippen molar-refractivity contribution in [2.75, 3.05) is 11.9 Å². The second-order valence-corrected chi connectivity index (χ2v) is 14.4. The first-order valence-corrected chi connectivity index (χ1v) is 17.1. The summed E-state index contributed by atoms with van der Waals surface area (Å²) in [5.74, 6) is 0.759. The Labute approximate surface area is 294 Å². The Hall–Kier alpha value is -4.44. The van der Waals surface area contributed by atoms with Gasteiger partial charge in [0.05, 0.1) is 23.0 Å². The molecule has 1 amide bonds. The second-order valence-electron chi connectivity index (χ2n) is 13.6. The fraction of sp³-hybridized carbons (Fsp3) is 0.316. The van der Waals surface area contributed by atoms with E-state index in [0.29, 0.717) is 39.6 Å². The van der Waals surface area contributed by atoms with Gasteiger partial charge in [-0.2, -0.15) is 0 Å². The molecule has 1 saturated heterocycles. The van der Waals surface area contributed by atoms with E-state index in [1.807, 2.05) is 76.3 Å². The first-order valence-electron chi connectivity index (χ1n) is 16.3. The van der Waals surface area contributed by atoms with Crippen LogP contribution in [0.2, 0.25) is 5.02 Å². The largest absolute Gasteiger partial charge is 0.444 e. The number of pyridine rings is 2. The van der Waals surface area contributed by atoms with Crippen LogP contribution in [0.15, 0.2) is 83.6 Å². The number of nitrogens with zero attached hydrogens (tertiary/aromatic N) is 4. The van der Waals surface area contributed by atoms with Gasteiger partial charge in [-0.25, -0.2) is 14.8 Å². The van der Waals surface area contributed by atoms with Crippen molar-refractivity contribution in [1.29, 1.82) is 0 Å². The van der Waals surface area contributed by atoms with Gasteiger partial charge in [0.15, 0.2) is 16.9 Å². The summed E-state index contributed by atoms with van der Waals surface area (Å²) in [5.41, 5.74) is 4.17. The number of hydrogen-bond acceptors (Lipinski definition) is 8. The predicted octanol–water partition coefficient (Wildman–Crippen LogP) is 8.87. The highest BCUT2D eigenvalue weighted by Gasteiger charge is 2.47. The van der Waals surface area contributed by atoms with Gasteiger partial charge in [0, 0.05) is 24.3 Å². The third kappa shape index (κ3) is 6.16. The van der Waals surface area contributed by atoms with Gasteiger partial charge in [-0.15, -0.1) is 11.6 Å². The molecule has 0 bridgehead atoms. The zero-order chi connectivity index (χ0) is 34.5. The molecule has 7 rings (SSSR count). The van der Waals surface area contributed by atoms with Crippen molar-refractivity contribution in [2.24, 2.45) is 0 Å². The molecule has 9 nitrogen and oxygen atoms in total. The molecule has 1 aliphatic heterocycles. The molecule has 3 atom stereocenters. The zero-order valence-corrected chi connectivity index (χ0v) is 29.2. The minimum absolute atomic E-state index is 0.147. The molecule has 2 N–H and O–H groups in total. The van der Waals surface area contributed by atoms with Crippen LogP contribution in [0, 0.1) is 6.92 Å². The third-order valence-corrected chi connectivity index (χ3v) is 9.88. The minimum Gasteiger partial charge on any atom is -0.444 e. The molecule has 4 heterocycles. The lowest BCUT2D eigenvalue weighted by molar-refractivity contribution is 0.0224. The maximum absolute atomic E-state index is 13.1. The van der Waals surface area contributed by atoms with Crippen LogP contribution in [-0.4, -0.2) is 48.6 Å². The van der Waals surface area contributed by atoms with Crippen molar-refractivity contribution in [3.05, 3.63) is 112 Å². The molecule has 0 radical (unpaired) electrons. The molecule has 0 spiro atoms. The number of benzene rings is 2. The number of aryl methyl sites for hydroxylation is 1. The first kappa shape index (κ1) is 33.1. The number of rotatable bonds is 6. The fourth-order valence-electron chi connectivity index (χ4n) is 6.69. The summed E-state index contributed by atoms with van der Waals surface area (Å²) in [6, 6.07) is 15.3. The SMILES string of the molecule is Cc1ccccc1C1=CC=CC(Nc2nccc3cc(C4CCCN4C(=O)OC(C)(C)C)cnc23)(c2nc3cc(CO)cc(Cl)c3o2)C1Cl. The van der Waals surface area contributed by atoms with Gasteiger partial charge in [0.25, 0.3) is 0 Å². The van der Waals surface area contributed by atoms with Crippen LogP contribution < -0.4 is 5.32 Å². The van der Waals surface area contributed by atoms with E-state index in [9.17, 15) is 9.90 Å². The standard InChI is InChI=1S/C38H37Cl2N5O4/c1-22-9-5-6-10-26(22)27-11-7-14-38(33(27)40,35-43-29-18-23(21-46)17-28(39)32(29)48-35)44-34-31-24(13-15-41-34)19-25(20-42-31)30-12-8-16-45(30)36(47)49-37(2,3)4/h5-7,9-11,13-15,17-20,30,33,46H,8,12,16,21H2,1-4H3,(H,41,44). The summed E-state index contributed by atoms with van der Waals surface area (Å²) in [7, 11) is 0. The lowest BCUT2D eigenvalue weighted by Crippen LogP contribution is -2.44. The summed E-state index contributed by atoms with van der Waals surface area (Å²) in [6.07, 6.45) is 10.7. The molecule has 0 saturated carbocycles. The molecule has 3 aromatic heterocycles. The zero-order valence-electron chi connectivity index (χ0n) is 27.7. The van der Waals surface area contributed by atoms with Crippen LogP contribution in [0.25, 0.3) is 27.6 Å². The predicted molar refractivity (Wildman–Crippen MR) is 193 cm³/mol. The van der Waals surface area contributed by atoms with E-state index in [0.717, 1.165) is 40.5 Å². The Bertz CT molecular complexity index is 2140. The van der Waals surface area contributed by atoms with E-state index < -0.39 is 16.5 Å². The first-order chi connectivity index (χ1) is 23.5. The normalized spacial score (nSPS) is 21.0. The Kier molecular flexibility index (Phi) is 8.63. The molecule has 2 aromatic carbocycles. The number of aliphatic hydroxyl groups is 1. The van der Waals surface area contributed by atoms with Crippen molar-refractivity contribution < 1.29 is 19.1 Å². The lowest BCUT2D eigenvalue weighted by Gasteiger charge is -2.37. The van der Waals surface area contributed by atoms with Gasteiger partial charge < -0.3 is 24.5 Å². The van der Waals surface area contributed by atoms with Gasteiger partial charge in [-0.1, -0.05) is 48.0 Å². The summed E-state index contributed by atoms with van der Waals surface area (Å²) in [4.78, 5) is 29.4. The van der Waals surface area contributed by atoms with Crippen molar-refractivity contribution in [3.8, 4) is 0 Å². The van der Waals surface area contributed by atoms with Crippen molar-refractivity contribution in [2.45, 2.75) is 69.7 Å². The lowest BCUT2D eigenvalue weighted by atomic mass is 9.81. The summed E-state index contributed by atoms with van der Waals surface area (Å²) in [6.45, 7) is 8.09. The number of alkyl halides is 1. The highest BCUT2D eigenvalue weighted by atomic mass is 35.5. The topological polar surface area (TPSA) is 114 Å². The van der Waals surface area contributed by atoms with Gasteiger partial charge in [0.2, 0.25) is 5.89 Å². The van der Waals surface area contributed by atoms with Crippen molar-refractivity contribution in [3.63, 3.8) is 0 Å². The smallest absolute Gasteiger partial charge is 0.410 e. The van der Waals surface area contributed by atoms with Crippen LogP contribution in [-0.2, 0) is 16.9 Å². The van der Waals surface area contributed by atoms with Crippen LogP contribution >= 0.6 is 23.2 Å². The summed E-state index contributed by atoms with van der Waals surface area (Å²) < 4.78 is 12.1. The average Bonchev–Trinajstić information content (AvgIpc) is 3.74. The van der Waals surface area contributed by atoms with E-state index in [1.54, 1.807) is 29.4 Å². The van der Waals surface area contributed by atoms with E-state index >= 15 is 0 Å².